The van der Waals surface area contributed by atoms with Crippen molar-refractivity contribution in [3.63, 3.8) is 0 Å². The zero-order valence-electron chi connectivity index (χ0n) is 7.81. The molecule has 1 aliphatic rings. The predicted octanol–water partition coefficient (Wildman–Crippen LogP) is 0.0332. The lowest BCUT2D eigenvalue weighted by atomic mass is 10.0. The van der Waals surface area contributed by atoms with E-state index in [0.717, 1.165) is 12.1 Å². The highest BCUT2D eigenvalue weighted by molar-refractivity contribution is 5.83. The van der Waals surface area contributed by atoms with Crippen molar-refractivity contribution in [3.8, 4) is 0 Å². The largest absolute Gasteiger partial charge is 0.300 e. The number of hydrogen-bond acceptors (Lipinski definition) is 3. The molecule has 0 aliphatic carbocycles. The van der Waals surface area contributed by atoms with Gasteiger partial charge < -0.3 is 5.32 Å². The number of piperazine rings is 1. The fourth-order valence-corrected chi connectivity index (χ4v) is 1.60. The lowest BCUT2D eigenvalue weighted by Crippen LogP contribution is -2.53. The van der Waals surface area contributed by atoms with Crippen molar-refractivity contribution in [3.05, 3.63) is 35.9 Å². The van der Waals surface area contributed by atoms with Gasteiger partial charge in [-0.1, -0.05) is 30.3 Å². The molecule has 1 unspecified atom stereocenters. The van der Waals surface area contributed by atoms with Gasteiger partial charge in [0, 0.05) is 13.1 Å². The minimum Gasteiger partial charge on any atom is -0.300 e. The SMILES string of the molecule is NN1CCNC(c2ccccc2)C1=O. The molecule has 0 radical (unpaired) electrons. The molecule has 1 atom stereocenters. The number of nitrogens with two attached hydrogens (primary N) is 1. The molecule has 74 valence electrons. The topological polar surface area (TPSA) is 58.4 Å². The van der Waals surface area contributed by atoms with E-state index in [9.17, 15) is 4.79 Å². The van der Waals surface area contributed by atoms with Crippen LogP contribution in [0.25, 0.3) is 0 Å². The van der Waals surface area contributed by atoms with Crippen LogP contribution in [0.3, 0.4) is 0 Å². The summed E-state index contributed by atoms with van der Waals surface area (Å²) in [5.41, 5.74) is 0.965. The highest BCUT2D eigenvalue weighted by Gasteiger charge is 2.27. The molecular formula is C10H13N3O. The molecule has 4 heteroatoms. The minimum absolute atomic E-state index is 0.0672. The normalized spacial score (nSPS) is 22.5. The molecule has 1 aromatic rings. The van der Waals surface area contributed by atoms with E-state index >= 15 is 0 Å². The summed E-state index contributed by atoms with van der Waals surface area (Å²) in [6, 6.07) is 9.33. The van der Waals surface area contributed by atoms with Crippen LogP contribution < -0.4 is 11.2 Å². The average Bonchev–Trinajstić information content (AvgIpc) is 2.23. The molecule has 3 N–H and O–H groups in total. The maximum Gasteiger partial charge on any atom is 0.258 e. The second kappa shape index (κ2) is 3.77. The van der Waals surface area contributed by atoms with Gasteiger partial charge in [0.1, 0.15) is 6.04 Å². The molecule has 4 nitrogen and oxygen atoms in total. The molecule has 1 amide bonds. The van der Waals surface area contributed by atoms with Gasteiger partial charge in [-0.2, -0.15) is 0 Å². The van der Waals surface area contributed by atoms with Gasteiger partial charge >= 0.3 is 0 Å². The molecule has 0 bridgehead atoms. The van der Waals surface area contributed by atoms with Crippen LogP contribution in [0.5, 0.6) is 0 Å². The van der Waals surface area contributed by atoms with E-state index in [1.807, 2.05) is 30.3 Å². The summed E-state index contributed by atoms with van der Waals surface area (Å²) >= 11 is 0. The molecule has 1 fully saturated rings. The molecule has 0 aromatic heterocycles. The van der Waals surface area contributed by atoms with Crippen molar-refractivity contribution in [2.45, 2.75) is 6.04 Å². The summed E-state index contributed by atoms with van der Waals surface area (Å²) in [7, 11) is 0. The number of nitrogens with one attached hydrogen (secondary N) is 1. The molecule has 14 heavy (non-hydrogen) atoms. The standard InChI is InChI=1S/C10H13N3O/c11-13-7-6-12-9(10(13)14)8-4-2-1-3-5-8/h1-5,9,12H,6-7,11H2. The van der Waals surface area contributed by atoms with Gasteiger partial charge in [0.15, 0.2) is 0 Å². The van der Waals surface area contributed by atoms with Crippen LogP contribution in [-0.4, -0.2) is 24.0 Å². The Bertz CT molecular complexity index is 325. The van der Waals surface area contributed by atoms with E-state index in [2.05, 4.69) is 5.32 Å². The Morgan fingerprint density at radius 2 is 2.07 bits per heavy atom. The summed E-state index contributed by atoms with van der Waals surface area (Å²) in [6.45, 7) is 1.31. The van der Waals surface area contributed by atoms with E-state index in [-0.39, 0.29) is 11.9 Å². The van der Waals surface area contributed by atoms with Crippen LogP contribution in [0.2, 0.25) is 0 Å². The number of carbonyl (C=O) groups excluding carboxylic acids is 1. The summed E-state index contributed by atoms with van der Waals surface area (Å²) in [5, 5.41) is 4.42. The molecular weight excluding hydrogens is 178 g/mol. The van der Waals surface area contributed by atoms with Crippen molar-refractivity contribution in [2.24, 2.45) is 5.84 Å². The summed E-state index contributed by atoms with van der Waals surface area (Å²) < 4.78 is 0. The lowest BCUT2D eigenvalue weighted by molar-refractivity contribution is -0.136. The van der Waals surface area contributed by atoms with Gasteiger partial charge in [0.05, 0.1) is 0 Å². The van der Waals surface area contributed by atoms with E-state index in [4.69, 9.17) is 5.84 Å². The van der Waals surface area contributed by atoms with Crippen molar-refractivity contribution in [2.75, 3.05) is 13.1 Å². The van der Waals surface area contributed by atoms with Crippen LogP contribution in [0, 0.1) is 0 Å². The van der Waals surface area contributed by atoms with Crippen molar-refractivity contribution in [1.29, 1.82) is 0 Å². The fraction of sp³-hybridized carbons (Fsp3) is 0.300. The zero-order chi connectivity index (χ0) is 9.97. The smallest absolute Gasteiger partial charge is 0.258 e. The molecule has 2 rings (SSSR count). The van der Waals surface area contributed by atoms with E-state index in [0.29, 0.717) is 6.54 Å². The first-order chi connectivity index (χ1) is 6.79. The molecule has 0 saturated carbocycles. The Labute approximate surface area is 82.7 Å². The third-order valence-corrected chi connectivity index (χ3v) is 2.36. The molecule has 1 aliphatic heterocycles. The van der Waals surface area contributed by atoms with E-state index in [1.54, 1.807) is 0 Å². The van der Waals surface area contributed by atoms with Gasteiger partial charge in [-0.05, 0) is 5.56 Å². The average molecular weight is 191 g/mol. The van der Waals surface area contributed by atoms with Crippen LogP contribution in [0.1, 0.15) is 11.6 Å². The fourth-order valence-electron chi connectivity index (χ4n) is 1.60. The van der Waals surface area contributed by atoms with Crippen LogP contribution in [-0.2, 0) is 4.79 Å². The van der Waals surface area contributed by atoms with Gasteiger partial charge in [-0.25, -0.2) is 5.84 Å². The lowest BCUT2D eigenvalue weighted by Gasteiger charge is -2.29. The van der Waals surface area contributed by atoms with Crippen LogP contribution >= 0.6 is 0 Å². The highest BCUT2D eigenvalue weighted by atomic mass is 16.2. The third-order valence-electron chi connectivity index (χ3n) is 2.36. The van der Waals surface area contributed by atoms with Gasteiger partial charge in [-0.15, -0.1) is 0 Å². The predicted molar refractivity (Wildman–Crippen MR) is 53.1 cm³/mol. The molecule has 0 spiro atoms. The molecule has 1 aromatic carbocycles. The monoisotopic (exact) mass is 191 g/mol. The van der Waals surface area contributed by atoms with Crippen molar-refractivity contribution in [1.82, 2.24) is 10.3 Å². The van der Waals surface area contributed by atoms with Crippen LogP contribution in [0.4, 0.5) is 0 Å². The van der Waals surface area contributed by atoms with Gasteiger partial charge in [-0.3, -0.25) is 9.80 Å². The Balaban J connectivity index is 2.22. The van der Waals surface area contributed by atoms with E-state index < -0.39 is 0 Å². The Morgan fingerprint density at radius 1 is 1.36 bits per heavy atom. The zero-order valence-corrected chi connectivity index (χ0v) is 7.81. The van der Waals surface area contributed by atoms with E-state index in [1.165, 1.54) is 5.01 Å². The number of hydrazine groups is 1. The first kappa shape index (κ1) is 9.18. The Kier molecular flexibility index (Phi) is 2.47. The quantitative estimate of drug-likeness (QED) is 0.486. The second-order valence-corrected chi connectivity index (χ2v) is 3.33. The third kappa shape index (κ3) is 1.62. The number of carbonyl (C=O) groups is 1. The summed E-state index contributed by atoms with van der Waals surface area (Å²) in [5.74, 6) is 5.48. The Hall–Kier alpha value is -1.39. The number of benzene rings is 1. The first-order valence-corrected chi connectivity index (χ1v) is 4.63. The number of hydrogen-bond donors (Lipinski definition) is 2. The number of nitrogens with zero attached hydrogens (tertiary/aromatic N) is 1. The first-order valence-electron chi connectivity index (χ1n) is 4.63. The Morgan fingerprint density at radius 3 is 2.79 bits per heavy atom. The van der Waals surface area contributed by atoms with Crippen molar-refractivity contribution >= 4 is 5.91 Å². The molecule has 1 heterocycles. The van der Waals surface area contributed by atoms with Crippen molar-refractivity contribution < 1.29 is 4.79 Å². The highest BCUT2D eigenvalue weighted by Crippen LogP contribution is 2.16. The summed E-state index contributed by atoms with van der Waals surface area (Å²) in [6.07, 6.45) is 0. The van der Waals surface area contributed by atoms with Crippen LogP contribution in [0.15, 0.2) is 30.3 Å². The maximum absolute atomic E-state index is 11.7. The maximum atomic E-state index is 11.7. The second-order valence-electron chi connectivity index (χ2n) is 3.33. The van der Waals surface area contributed by atoms with Gasteiger partial charge in [0.25, 0.3) is 5.91 Å². The molecule has 1 saturated heterocycles. The minimum atomic E-state index is -0.282. The number of rotatable bonds is 1. The van der Waals surface area contributed by atoms with Gasteiger partial charge in [0.2, 0.25) is 0 Å². The summed E-state index contributed by atoms with van der Waals surface area (Å²) in [4.78, 5) is 11.7. The number of amides is 1.